The van der Waals surface area contributed by atoms with Crippen LogP contribution < -0.4 is 0 Å². The first-order valence-electron chi connectivity index (χ1n) is 7.79. The molecule has 0 aliphatic rings. The molecule has 0 spiro atoms. The Balaban J connectivity index is 2.56. The van der Waals surface area contributed by atoms with Crippen LogP contribution in [0.3, 0.4) is 0 Å². The molecule has 122 valence electrons. The third-order valence-corrected chi connectivity index (χ3v) is 3.58. The number of aromatic nitrogens is 1. The van der Waals surface area contributed by atoms with Gasteiger partial charge in [-0.2, -0.15) is 0 Å². The largest absolute Gasteiger partial charge is 0.465 e. The summed E-state index contributed by atoms with van der Waals surface area (Å²) >= 11 is 0. The van der Waals surface area contributed by atoms with Crippen molar-refractivity contribution < 1.29 is 19.1 Å². The van der Waals surface area contributed by atoms with Crippen molar-refractivity contribution in [2.24, 2.45) is 0 Å². The van der Waals surface area contributed by atoms with E-state index in [0.29, 0.717) is 16.5 Å². The van der Waals surface area contributed by atoms with E-state index in [4.69, 9.17) is 9.47 Å². The summed E-state index contributed by atoms with van der Waals surface area (Å²) in [6.07, 6.45) is 3.11. The minimum Gasteiger partial charge on any atom is -0.465 e. The van der Waals surface area contributed by atoms with E-state index < -0.39 is 11.9 Å². The Hall–Kier alpha value is -2.43. The highest BCUT2D eigenvalue weighted by atomic mass is 16.5. The second-order valence-corrected chi connectivity index (χ2v) is 5.22. The second-order valence-electron chi connectivity index (χ2n) is 5.22. The van der Waals surface area contributed by atoms with E-state index in [-0.39, 0.29) is 12.3 Å². The number of esters is 2. The van der Waals surface area contributed by atoms with E-state index in [2.05, 4.69) is 11.9 Å². The van der Waals surface area contributed by atoms with Crippen LogP contribution >= 0.6 is 0 Å². The molecule has 1 aromatic heterocycles. The molecule has 0 bridgehead atoms. The molecule has 0 saturated heterocycles. The zero-order valence-electron chi connectivity index (χ0n) is 13.7. The zero-order valence-corrected chi connectivity index (χ0v) is 13.7. The molecular formula is C18H21NO4. The normalized spacial score (nSPS) is 10.6. The molecule has 1 heterocycles. The quantitative estimate of drug-likeness (QED) is 0.763. The molecule has 0 unspecified atom stereocenters. The number of fused-ring (bicyclic) bond motifs is 1. The Bertz CT molecular complexity index is 724. The van der Waals surface area contributed by atoms with E-state index in [9.17, 15) is 9.59 Å². The van der Waals surface area contributed by atoms with Crippen molar-refractivity contribution in [3.8, 4) is 0 Å². The number of methoxy groups -OCH3 is 1. The second kappa shape index (κ2) is 7.72. The Labute approximate surface area is 135 Å². The smallest absolute Gasteiger partial charge is 0.356 e. The van der Waals surface area contributed by atoms with Crippen LogP contribution in [0.2, 0.25) is 0 Å². The number of nitrogens with zero attached hydrogens (tertiary/aromatic N) is 1. The average Bonchev–Trinajstić information content (AvgIpc) is 2.58. The zero-order chi connectivity index (χ0) is 16.8. The van der Waals surface area contributed by atoms with Crippen molar-refractivity contribution in [3.05, 3.63) is 41.1 Å². The number of carbonyl (C=O) groups is 2. The Morgan fingerprint density at radius 1 is 1.13 bits per heavy atom. The van der Waals surface area contributed by atoms with E-state index in [0.717, 1.165) is 24.8 Å². The fraction of sp³-hybridized carbons (Fsp3) is 0.389. The van der Waals surface area contributed by atoms with Gasteiger partial charge in [0.2, 0.25) is 0 Å². The molecular weight excluding hydrogens is 294 g/mol. The number of rotatable bonds is 6. The molecule has 0 aliphatic heterocycles. The number of pyridine rings is 1. The average molecular weight is 315 g/mol. The number of ether oxygens (including phenoxy) is 2. The lowest BCUT2D eigenvalue weighted by atomic mass is 10.0. The summed E-state index contributed by atoms with van der Waals surface area (Å²) in [6.45, 7) is 4.11. The molecule has 0 saturated carbocycles. The first-order chi connectivity index (χ1) is 11.1. The highest BCUT2D eigenvalue weighted by molar-refractivity contribution is 6.06. The molecule has 1 aromatic carbocycles. The van der Waals surface area contributed by atoms with Gasteiger partial charge < -0.3 is 9.47 Å². The van der Waals surface area contributed by atoms with Crippen LogP contribution in [-0.4, -0.2) is 30.6 Å². The fourth-order valence-electron chi connectivity index (χ4n) is 2.40. The number of carbonyl (C=O) groups excluding carboxylic acids is 2. The van der Waals surface area contributed by atoms with Gasteiger partial charge in [0.25, 0.3) is 0 Å². The van der Waals surface area contributed by atoms with Crippen molar-refractivity contribution in [2.45, 2.75) is 33.1 Å². The van der Waals surface area contributed by atoms with Crippen molar-refractivity contribution in [1.29, 1.82) is 0 Å². The Morgan fingerprint density at radius 3 is 2.57 bits per heavy atom. The summed E-state index contributed by atoms with van der Waals surface area (Å²) in [5.41, 5.74) is 2.16. The maximum atomic E-state index is 12.1. The van der Waals surface area contributed by atoms with Crippen molar-refractivity contribution in [2.75, 3.05) is 13.7 Å². The summed E-state index contributed by atoms with van der Waals surface area (Å²) in [5, 5.41) is 0.693. The number of hydrogen-bond acceptors (Lipinski definition) is 5. The van der Waals surface area contributed by atoms with E-state index in [1.54, 1.807) is 6.92 Å². The maximum Gasteiger partial charge on any atom is 0.356 e. The maximum absolute atomic E-state index is 12.1. The van der Waals surface area contributed by atoms with Gasteiger partial charge in [0.15, 0.2) is 0 Å². The topological polar surface area (TPSA) is 65.5 Å². The number of unbranched alkanes of at least 4 members (excludes halogenated alkanes) is 1. The molecule has 0 aliphatic carbocycles. The minimum absolute atomic E-state index is 0.112. The molecule has 23 heavy (non-hydrogen) atoms. The predicted octanol–water partition coefficient (Wildman–Crippen LogP) is 3.54. The van der Waals surface area contributed by atoms with Crippen LogP contribution in [-0.2, 0) is 15.9 Å². The predicted molar refractivity (Wildman–Crippen MR) is 87.7 cm³/mol. The van der Waals surface area contributed by atoms with E-state index >= 15 is 0 Å². The van der Waals surface area contributed by atoms with E-state index in [1.165, 1.54) is 13.2 Å². The molecule has 2 rings (SSSR count). The molecule has 0 fully saturated rings. The standard InChI is InChI=1S/C18H21NO4/c1-4-6-7-12-8-9-15-13(10-12)14(17(20)22-3)11-16(19-15)18(21)23-5-2/h8-11H,4-7H2,1-3H3. The lowest BCUT2D eigenvalue weighted by Gasteiger charge is -2.09. The van der Waals surface area contributed by atoms with Crippen LogP contribution in [0, 0.1) is 0 Å². The highest BCUT2D eigenvalue weighted by Gasteiger charge is 2.18. The highest BCUT2D eigenvalue weighted by Crippen LogP contribution is 2.22. The fourth-order valence-corrected chi connectivity index (χ4v) is 2.40. The summed E-state index contributed by atoms with van der Waals surface area (Å²) in [5.74, 6) is -1.04. The van der Waals surface area contributed by atoms with Gasteiger partial charge in [-0.25, -0.2) is 14.6 Å². The first kappa shape index (κ1) is 16.9. The van der Waals surface area contributed by atoms with Gasteiger partial charge >= 0.3 is 11.9 Å². The number of benzene rings is 1. The molecule has 5 heteroatoms. The van der Waals surface area contributed by atoms with Gasteiger partial charge in [-0.15, -0.1) is 0 Å². The van der Waals surface area contributed by atoms with Gasteiger partial charge in [-0.1, -0.05) is 19.4 Å². The monoisotopic (exact) mass is 315 g/mol. The molecule has 5 nitrogen and oxygen atoms in total. The molecule has 0 radical (unpaired) electrons. The summed E-state index contributed by atoms with van der Waals surface area (Å²) in [7, 11) is 1.32. The summed E-state index contributed by atoms with van der Waals surface area (Å²) in [4.78, 5) is 28.3. The van der Waals surface area contributed by atoms with Crippen LogP contribution in [0.15, 0.2) is 24.3 Å². The van der Waals surface area contributed by atoms with Crippen molar-refractivity contribution >= 4 is 22.8 Å². The van der Waals surface area contributed by atoms with Gasteiger partial charge in [0, 0.05) is 5.39 Å². The van der Waals surface area contributed by atoms with Crippen LogP contribution in [0.5, 0.6) is 0 Å². The third-order valence-electron chi connectivity index (χ3n) is 3.58. The van der Waals surface area contributed by atoms with Gasteiger partial charge in [-0.3, -0.25) is 0 Å². The summed E-state index contributed by atoms with van der Waals surface area (Å²) in [6, 6.07) is 7.19. The molecule has 0 atom stereocenters. The SMILES string of the molecule is CCCCc1ccc2nc(C(=O)OCC)cc(C(=O)OC)c2c1. The van der Waals surface area contributed by atoms with Gasteiger partial charge in [-0.05, 0) is 43.5 Å². The van der Waals surface area contributed by atoms with Crippen LogP contribution in [0.1, 0.15) is 53.1 Å². The van der Waals surface area contributed by atoms with Crippen LogP contribution in [0.4, 0.5) is 0 Å². The third kappa shape index (κ3) is 3.86. The number of aryl methyl sites for hydroxylation is 1. The minimum atomic E-state index is -0.547. The lowest BCUT2D eigenvalue weighted by Crippen LogP contribution is -2.11. The molecule has 0 N–H and O–H groups in total. The van der Waals surface area contributed by atoms with Crippen LogP contribution in [0.25, 0.3) is 10.9 Å². The van der Waals surface area contributed by atoms with Crippen molar-refractivity contribution in [3.63, 3.8) is 0 Å². The summed E-state index contributed by atoms with van der Waals surface area (Å²) < 4.78 is 9.81. The van der Waals surface area contributed by atoms with Gasteiger partial charge in [0.05, 0.1) is 24.8 Å². The molecule has 0 amide bonds. The Kier molecular flexibility index (Phi) is 5.68. The number of hydrogen-bond donors (Lipinski definition) is 0. The van der Waals surface area contributed by atoms with Gasteiger partial charge in [0.1, 0.15) is 5.69 Å². The van der Waals surface area contributed by atoms with E-state index in [1.807, 2.05) is 18.2 Å². The lowest BCUT2D eigenvalue weighted by molar-refractivity contribution is 0.0520. The Morgan fingerprint density at radius 2 is 1.91 bits per heavy atom. The van der Waals surface area contributed by atoms with Crippen molar-refractivity contribution in [1.82, 2.24) is 4.98 Å². The molecule has 2 aromatic rings. The first-order valence-corrected chi connectivity index (χ1v) is 7.79.